The molecule has 18 heavy (non-hydrogen) atoms. The Bertz CT molecular complexity index is 211. The quantitative estimate of drug-likeness (QED) is 0.282. The Hall–Kier alpha value is -0.790. The van der Waals surface area contributed by atoms with Gasteiger partial charge >= 0.3 is 5.97 Å². The van der Waals surface area contributed by atoms with Crippen LogP contribution in [0.15, 0.2) is 12.7 Å². The smallest absolute Gasteiger partial charge is 0.330 e. The highest BCUT2D eigenvalue weighted by atomic mass is 16.5. The number of carbonyl (C=O) groups excluding carboxylic acids is 1. The monoisotopic (exact) mass is 254 g/mol. The molecule has 0 amide bonds. The lowest BCUT2D eigenvalue weighted by Crippen LogP contribution is -2.09. The van der Waals surface area contributed by atoms with Gasteiger partial charge in [-0.15, -0.1) is 0 Å². The Labute approximate surface area is 113 Å². The molecule has 0 aromatic carbocycles. The zero-order valence-electron chi connectivity index (χ0n) is 12.2. The lowest BCUT2D eigenvalue weighted by molar-refractivity contribution is -0.139. The fraction of sp³-hybridized carbons (Fsp3) is 0.812. The van der Waals surface area contributed by atoms with Crippen LogP contribution in [0.3, 0.4) is 0 Å². The Morgan fingerprint density at radius 1 is 1.11 bits per heavy atom. The van der Waals surface area contributed by atoms with E-state index in [9.17, 15) is 4.79 Å². The van der Waals surface area contributed by atoms with E-state index < -0.39 is 0 Å². The van der Waals surface area contributed by atoms with Crippen LogP contribution in [0.25, 0.3) is 0 Å². The van der Waals surface area contributed by atoms with Crippen molar-refractivity contribution in [2.75, 3.05) is 6.61 Å². The fourth-order valence-corrected chi connectivity index (χ4v) is 1.99. The van der Waals surface area contributed by atoms with Gasteiger partial charge in [0, 0.05) is 6.08 Å². The van der Waals surface area contributed by atoms with Crippen molar-refractivity contribution in [3.63, 3.8) is 0 Å². The summed E-state index contributed by atoms with van der Waals surface area (Å²) in [5.41, 5.74) is 0. The number of rotatable bonds is 12. The summed E-state index contributed by atoms with van der Waals surface area (Å²) in [4.78, 5) is 10.9. The van der Waals surface area contributed by atoms with Crippen molar-refractivity contribution in [2.24, 2.45) is 5.92 Å². The molecule has 0 aromatic heterocycles. The molecule has 2 nitrogen and oxygen atoms in total. The van der Waals surface area contributed by atoms with Gasteiger partial charge in [-0.05, 0) is 12.3 Å². The van der Waals surface area contributed by atoms with Gasteiger partial charge in [0.2, 0.25) is 0 Å². The average molecular weight is 254 g/mol. The van der Waals surface area contributed by atoms with Gasteiger partial charge in [-0.3, -0.25) is 0 Å². The average Bonchev–Trinajstić information content (AvgIpc) is 2.39. The highest BCUT2D eigenvalue weighted by Crippen LogP contribution is 2.13. The minimum Gasteiger partial charge on any atom is -0.462 e. The van der Waals surface area contributed by atoms with E-state index in [2.05, 4.69) is 20.4 Å². The van der Waals surface area contributed by atoms with Crippen molar-refractivity contribution in [1.29, 1.82) is 0 Å². The summed E-state index contributed by atoms with van der Waals surface area (Å²) in [6.45, 7) is 8.30. The predicted molar refractivity (Wildman–Crippen MR) is 77.5 cm³/mol. The lowest BCUT2D eigenvalue weighted by Gasteiger charge is -2.10. The zero-order chi connectivity index (χ0) is 13.6. The van der Waals surface area contributed by atoms with E-state index in [4.69, 9.17) is 4.74 Å². The van der Waals surface area contributed by atoms with E-state index in [1.165, 1.54) is 57.4 Å². The number of hydrogen-bond acceptors (Lipinski definition) is 2. The standard InChI is InChI=1S/C16H30O2/c1-4-6-7-8-9-10-11-12-13-15(3)14-18-16(17)5-2/h5,15H,2,4,6-14H2,1,3H3. The third kappa shape index (κ3) is 11.7. The summed E-state index contributed by atoms with van der Waals surface area (Å²) in [6, 6.07) is 0. The molecule has 106 valence electrons. The number of carbonyl (C=O) groups is 1. The third-order valence-electron chi connectivity index (χ3n) is 3.23. The Morgan fingerprint density at radius 2 is 1.67 bits per heavy atom. The van der Waals surface area contributed by atoms with Crippen molar-refractivity contribution in [1.82, 2.24) is 0 Å². The molecular formula is C16H30O2. The summed E-state index contributed by atoms with van der Waals surface area (Å²) < 4.78 is 5.02. The van der Waals surface area contributed by atoms with Crippen molar-refractivity contribution >= 4 is 5.97 Å². The maximum Gasteiger partial charge on any atom is 0.330 e. The van der Waals surface area contributed by atoms with Gasteiger partial charge in [-0.25, -0.2) is 4.79 Å². The van der Waals surface area contributed by atoms with Gasteiger partial charge in [-0.1, -0.05) is 71.8 Å². The number of hydrogen-bond donors (Lipinski definition) is 0. The molecule has 0 bridgehead atoms. The van der Waals surface area contributed by atoms with E-state index in [1.54, 1.807) is 0 Å². The van der Waals surface area contributed by atoms with Crippen LogP contribution in [0.5, 0.6) is 0 Å². The Kier molecular flexibility index (Phi) is 12.1. The zero-order valence-corrected chi connectivity index (χ0v) is 12.2. The molecule has 0 fully saturated rings. The second-order valence-corrected chi connectivity index (χ2v) is 5.20. The molecule has 0 N–H and O–H groups in total. The lowest BCUT2D eigenvalue weighted by atomic mass is 10.0. The Balaban J connectivity index is 3.22. The van der Waals surface area contributed by atoms with Crippen molar-refractivity contribution in [3.05, 3.63) is 12.7 Å². The second-order valence-electron chi connectivity index (χ2n) is 5.20. The van der Waals surface area contributed by atoms with Crippen LogP contribution in [0.4, 0.5) is 0 Å². The molecule has 0 saturated carbocycles. The van der Waals surface area contributed by atoms with Gasteiger partial charge < -0.3 is 4.74 Å². The minimum absolute atomic E-state index is 0.308. The first-order valence-corrected chi connectivity index (χ1v) is 7.49. The molecule has 0 rings (SSSR count). The topological polar surface area (TPSA) is 26.3 Å². The SMILES string of the molecule is C=CC(=O)OCC(C)CCCCCCCCCC. The fourth-order valence-electron chi connectivity index (χ4n) is 1.99. The van der Waals surface area contributed by atoms with Crippen LogP contribution in [-0.4, -0.2) is 12.6 Å². The molecule has 2 heteroatoms. The first-order chi connectivity index (χ1) is 8.70. The van der Waals surface area contributed by atoms with Gasteiger partial charge in [0.15, 0.2) is 0 Å². The highest BCUT2D eigenvalue weighted by Gasteiger charge is 2.04. The van der Waals surface area contributed by atoms with Gasteiger partial charge in [0.05, 0.1) is 6.61 Å². The second kappa shape index (κ2) is 12.7. The summed E-state index contributed by atoms with van der Waals surface area (Å²) in [7, 11) is 0. The molecule has 0 saturated heterocycles. The van der Waals surface area contributed by atoms with Crippen LogP contribution in [-0.2, 0) is 9.53 Å². The third-order valence-corrected chi connectivity index (χ3v) is 3.23. The van der Waals surface area contributed by atoms with Gasteiger partial charge in [-0.2, -0.15) is 0 Å². The number of esters is 1. The van der Waals surface area contributed by atoms with E-state index in [1.807, 2.05) is 0 Å². The molecular weight excluding hydrogens is 224 g/mol. The number of unbranched alkanes of at least 4 members (excludes halogenated alkanes) is 7. The molecule has 0 aromatic rings. The molecule has 1 atom stereocenters. The van der Waals surface area contributed by atoms with E-state index >= 15 is 0 Å². The van der Waals surface area contributed by atoms with Gasteiger partial charge in [0.1, 0.15) is 0 Å². The summed E-state index contributed by atoms with van der Waals surface area (Å²) in [6.07, 6.45) is 13.1. The van der Waals surface area contributed by atoms with Crippen molar-refractivity contribution in [2.45, 2.75) is 71.6 Å². The van der Waals surface area contributed by atoms with Crippen LogP contribution >= 0.6 is 0 Å². The van der Waals surface area contributed by atoms with Crippen LogP contribution in [0, 0.1) is 5.92 Å². The van der Waals surface area contributed by atoms with Crippen molar-refractivity contribution in [3.8, 4) is 0 Å². The molecule has 0 aliphatic rings. The van der Waals surface area contributed by atoms with E-state index in [0.29, 0.717) is 12.5 Å². The van der Waals surface area contributed by atoms with Crippen LogP contribution in [0.1, 0.15) is 71.6 Å². The molecule has 1 unspecified atom stereocenters. The molecule has 0 aliphatic carbocycles. The first-order valence-electron chi connectivity index (χ1n) is 7.49. The van der Waals surface area contributed by atoms with Crippen molar-refractivity contribution < 1.29 is 9.53 Å². The summed E-state index contributed by atoms with van der Waals surface area (Å²) in [5, 5.41) is 0. The van der Waals surface area contributed by atoms with E-state index in [0.717, 1.165) is 6.42 Å². The minimum atomic E-state index is -0.308. The number of ether oxygens (including phenoxy) is 1. The largest absolute Gasteiger partial charge is 0.462 e. The molecule has 0 radical (unpaired) electrons. The predicted octanol–water partition coefficient (Wildman–Crippen LogP) is 4.88. The van der Waals surface area contributed by atoms with Crippen LogP contribution < -0.4 is 0 Å². The van der Waals surface area contributed by atoms with Crippen LogP contribution in [0.2, 0.25) is 0 Å². The molecule has 0 spiro atoms. The normalized spacial score (nSPS) is 12.1. The van der Waals surface area contributed by atoms with Gasteiger partial charge in [0.25, 0.3) is 0 Å². The maximum absolute atomic E-state index is 10.9. The Morgan fingerprint density at radius 3 is 2.22 bits per heavy atom. The highest BCUT2D eigenvalue weighted by molar-refractivity contribution is 5.81. The molecule has 0 heterocycles. The first kappa shape index (κ1) is 17.2. The molecule has 0 aliphatic heterocycles. The van der Waals surface area contributed by atoms with E-state index in [-0.39, 0.29) is 5.97 Å². The maximum atomic E-state index is 10.9. The summed E-state index contributed by atoms with van der Waals surface area (Å²) >= 11 is 0. The summed E-state index contributed by atoms with van der Waals surface area (Å²) in [5.74, 6) is 0.159.